The number of benzene rings is 1. The molecule has 0 fully saturated rings. The summed E-state index contributed by atoms with van der Waals surface area (Å²) >= 11 is 0. The number of carbonyl (C=O) groups excluding carboxylic acids is 1. The minimum absolute atomic E-state index is 0.109. The maximum absolute atomic E-state index is 12.4. The number of esters is 1. The van der Waals surface area contributed by atoms with Gasteiger partial charge in [-0.1, -0.05) is 26.0 Å². The van der Waals surface area contributed by atoms with E-state index in [4.69, 9.17) is 4.74 Å². The van der Waals surface area contributed by atoms with E-state index < -0.39 is 34.2 Å². The Bertz CT molecular complexity index is 763. The van der Waals surface area contributed by atoms with E-state index in [1.165, 1.54) is 25.3 Å². The van der Waals surface area contributed by atoms with Gasteiger partial charge in [-0.3, -0.25) is 14.9 Å². The number of methoxy groups -OCH3 is 1. The molecule has 9 heteroatoms. The zero-order valence-corrected chi connectivity index (χ0v) is 14.8. The SMILES string of the molecule is CCC1NN=C(C(=O)OC)C(c2cccc([N+](=O)[O-])c2)C1(CC)C(=O)O. The van der Waals surface area contributed by atoms with Gasteiger partial charge in [-0.2, -0.15) is 5.10 Å². The van der Waals surface area contributed by atoms with Crippen molar-refractivity contribution in [3.63, 3.8) is 0 Å². The highest BCUT2D eigenvalue weighted by Gasteiger charge is 2.56. The molecule has 0 amide bonds. The second kappa shape index (κ2) is 7.51. The van der Waals surface area contributed by atoms with Gasteiger partial charge < -0.3 is 15.3 Å². The molecule has 3 atom stereocenters. The fraction of sp³-hybridized carbons (Fsp3) is 0.471. The number of hydrazone groups is 1. The van der Waals surface area contributed by atoms with Gasteiger partial charge in [0.2, 0.25) is 0 Å². The van der Waals surface area contributed by atoms with Crippen molar-refractivity contribution in [2.75, 3.05) is 7.11 Å². The van der Waals surface area contributed by atoms with Crippen LogP contribution in [0.5, 0.6) is 0 Å². The Kier molecular flexibility index (Phi) is 5.59. The molecule has 1 heterocycles. The monoisotopic (exact) mass is 363 g/mol. The fourth-order valence-corrected chi connectivity index (χ4v) is 3.64. The predicted octanol–water partition coefficient (Wildman–Crippen LogP) is 2.07. The number of carboxylic acids is 1. The summed E-state index contributed by atoms with van der Waals surface area (Å²) in [6.07, 6.45) is 0.640. The molecule has 26 heavy (non-hydrogen) atoms. The normalized spacial score (nSPS) is 25.0. The fourth-order valence-electron chi connectivity index (χ4n) is 3.64. The molecular formula is C17H21N3O6. The van der Waals surface area contributed by atoms with Crippen LogP contribution in [0.1, 0.15) is 38.2 Å². The van der Waals surface area contributed by atoms with Gasteiger partial charge in [-0.15, -0.1) is 0 Å². The van der Waals surface area contributed by atoms with Crippen molar-refractivity contribution in [2.24, 2.45) is 10.5 Å². The molecule has 2 N–H and O–H groups in total. The topological polar surface area (TPSA) is 131 Å². The molecule has 2 rings (SSSR count). The van der Waals surface area contributed by atoms with E-state index in [1.54, 1.807) is 13.0 Å². The molecule has 1 aliphatic heterocycles. The Labute approximate surface area is 150 Å². The highest BCUT2D eigenvalue weighted by Crippen LogP contribution is 2.47. The summed E-state index contributed by atoms with van der Waals surface area (Å²) < 4.78 is 4.77. The number of rotatable bonds is 6. The molecule has 3 unspecified atom stereocenters. The van der Waals surface area contributed by atoms with Crippen LogP contribution in [0.3, 0.4) is 0 Å². The quantitative estimate of drug-likeness (QED) is 0.449. The predicted molar refractivity (Wildman–Crippen MR) is 92.9 cm³/mol. The third-order valence-electron chi connectivity index (χ3n) is 4.95. The van der Waals surface area contributed by atoms with Crippen LogP contribution in [0.25, 0.3) is 0 Å². The van der Waals surface area contributed by atoms with Crippen molar-refractivity contribution in [1.82, 2.24) is 5.43 Å². The minimum atomic E-state index is -1.41. The average molecular weight is 363 g/mol. The lowest BCUT2D eigenvalue weighted by Crippen LogP contribution is -2.58. The van der Waals surface area contributed by atoms with Crippen LogP contribution < -0.4 is 5.43 Å². The second-order valence-corrected chi connectivity index (χ2v) is 6.06. The summed E-state index contributed by atoms with van der Waals surface area (Å²) in [4.78, 5) is 35.2. The first-order valence-corrected chi connectivity index (χ1v) is 8.22. The number of nitrogens with zero attached hydrogens (tertiary/aromatic N) is 2. The summed E-state index contributed by atoms with van der Waals surface area (Å²) in [5.41, 5.74) is 1.40. The molecule has 0 saturated carbocycles. The minimum Gasteiger partial charge on any atom is -0.481 e. The van der Waals surface area contributed by atoms with Crippen molar-refractivity contribution in [3.05, 3.63) is 39.9 Å². The van der Waals surface area contributed by atoms with E-state index in [0.29, 0.717) is 12.0 Å². The van der Waals surface area contributed by atoms with Crippen LogP contribution in [0.4, 0.5) is 5.69 Å². The van der Waals surface area contributed by atoms with Crippen LogP contribution >= 0.6 is 0 Å². The van der Waals surface area contributed by atoms with Gasteiger partial charge in [0.25, 0.3) is 5.69 Å². The first-order chi connectivity index (χ1) is 12.3. The van der Waals surface area contributed by atoms with Crippen LogP contribution in [0.2, 0.25) is 0 Å². The molecule has 1 aromatic carbocycles. The maximum Gasteiger partial charge on any atom is 0.354 e. The first kappa shape index (κ1) is 19.4. The van der Waals surface area contributed by atoms with Gasteiger partial charge in [-0.05, 0) is 18.4 Å². The lowest BCUT2D eigenvalue weighted by molar-refractivity contribution is -0.384. The highest BCUT2D eigenvalue weighted by atomic mass is 16.6. The molecule has 0 spiro atoms. The number of ether oxygens (including phenoxy) is 1. The number of nitrogens with one attached hydrogen (secondary N) is 1. The van der Waals surface area contributed by atoms with Crippen molar-refractivity contribution in [1.29, 1.82) is 0 Å². The molecule has 9 nitrogen and oxygen atoms in total. The van der Waals surface area contributed by atoms with Crippen LogP contribution in [0, 0.1) is 15.5 Å². The number of nitro groups is 1. The third kappa shape index (κ3) is 3.00. The van der Waals surface area contributed by atoms with E-state index in [0.717, 1.165) is 0 Å². The van der Waals surface area contributed by atoms with Crippen molar-refractivity contribution < 1.29 is 24.4 Å². The largest absolute Gasteiger partial charge is 0.481 e. The van der Waals surface area contributed by atoms with Gasteiger partial charge in [0, 0.05) is 12.1 Å². The Hall–Kier alpha value is -2.97. The van der Waals surface area contributed by atoms with Gasteiger partial charge in [-0.25, -0.2) is 4.79 Å². The van der Waals surface area contributed by atoms with E-state index in [1.807, 2.05) is 6.92 Å². The van der Waals surface area contributed by atoms with Crippen molar-refractivity contribution >= 4 is 23.3 Å². The van der Waals surface area contributed by atoms with Crippen LogP contribution in [0.15, 0.2) is 29.4 Å². The maximum atomic E-state index is 12.4. The summed E-state index contributed by atoms with van der Waals surface area (Å²) in [7, 11) is 1.18. The summed E-state index contributed by atoms with van der Waals surface area (Å²) in [5.74, 6) is -2.86. The average Bonchev–Trinajstić information content (AvgIpc) is 2.65. The van der Waals surface area contributed by atoms with Crippen molar-refractivity contribution in [3.8, 4) is 0 Å². The van der Waals surface area contributed by atoms with E-state index >= 15 is 0 Å². The van der Waals surface area contributed by atoms with Crippen LogP contribution in [-0.2, 0) is 14.3 Å². The molecule has 0 aromatic heterocycles. The van der Waals surface area contributed by atoms with Gasteiger partial charge in [0.1, 0.15) is 5.41 Å². The molecule has 140 valence electrons. The summed E-state index contributed by atoms with van der Waals surface area (Å²) in [6.45, 7) is 3.53. The number of hydrogen-bond donors (Lipinski definition) is 2. The van der Waals surface area contributed by atoms with Crippen molar-refractivity contribution in [2.45, 2.75) is 38.6 Å². The lowest BCUT2D eigenvalue weighted by Gasteiger charge is -2.45. The Morgan fingerprint density at radius 2 is 2.12 bits per heavy atom. The molecule has 0 radical (unpaired) electrons. The van der Waals surface area contributed by atoms with Crippen LogP contribution in [-0.4, -0.2) is 40.8 Å². The Morgan fingerprint density at radius 3 is 2.62 bits per heavy atom. The van der Waals surface area contributed by atoms with E-state index in [2.05, 4.69) is 10.5 Å². The molecule has 1 aliphatic rings. The second-order valence-electron chi connectivity index (χ2n) is 6.06. The number of hydrogen-bond acceptors (Lipinski definition) is 7. The molecule has 0 saturated heterocycles. The number of nitro benzene ring substituents is 1. The number of carbonyl (C=O) groups is 2. The molecule has 0 aliphatic carbocycles. The standard InChI is InChI=1S/C17H21N3O6/c1-4-12-17(5-2,16(22)23)13(14(19-18-12)15(21)26-3)10-7-6-8-11(9-10)20(24)25/h6-9,12-13,18H,4-5H2,1-3H3,(H,22,23). The zero-order valence-electron chi connectivity index (χ0n) is 14.8. The first-order valence-electron chi connectivity index (χ1n) is 8.22. The Balaban J connectivity index is 2.77. The summed E-state index contributed by atoms with van der Waals surface area (Å²) in [6, 6.07) is 5.08. The van der Waals surface area contributed by atoms with Gasteiger partial charge in [0.15, 0.2) is 5.71 Å². The molecule has 0 bridgehead atoms. The van der Waals surface area contributed by atoms with E-state index in [9.17, 15) is 24.8 Å². The Morgan fingerprint density at radius 1 is 1.42 bits per heavy atom. The van der Waals surface area contributed by atoms with Gasteiger partial charge >= 0.3 is 11.9 Å². The van der Waals surface area contributed by atoms with E-state index in [-0.39, 0.29) is 17.8 Å². The third-order valence-corrected chi connectivity index (χ3v) is 4.95. The number of non-ortho nitro benzene ring substituents is 1. The lowest BCUT2D eigenvalue weighted by atomic mass is 9.62. The zero-order chi connectivity index (χ0) is 19.5. The highest BCUT2D eigenvalue weighted by molar-refractivity contribution is 6.39. The molecular weight excluding hydrogens is 342 g/mol. The van der Waals surface area contributed by atoms with Gasteiger partial charge in [0.05, 0.1) is 24.0 Å². The smallest absolute Gasteiger partial charge is 0.354 e. The summed E-state index contributed by atoms with van der Waals surface area (Å²) in [5, 5.41) is 25.3. The molecule has 1 aromatic rings. The number of carboxylic acid groups (broad SMARTS) is 1. The number of aliphatic carboxylic acids is 1.